The van der Waals surface area contributed by atoms with E-state index in [0.29, 0.717) is 29.4 Å². The molecule has 4 rings (SSSR count). The number of carbonyl (C=O) groups excluding carboxylic acids is 3. The molecular weight excluding hydrogens is 492 g/mol. The third-order valence-corrected chi connectivity index (χ3v) is 6.74. The number of imide groups is 1. The van der Waals surface area contributed by atoms with Gasteiger partial charge in [-0.2, -0.15) is 0 Å². The number of halogens is 2. The van der Waals surface area contributed by atoms with Gasteiger partial charge in [-0.05, 0) is 48.6 Å². The van der Waals surface area contributed by atoms with Crippen molar-refractivity contribution in [1.29, 1.82) is 0 Å². The summed E-state index contributed by atoms with van der Waals surface area (Å²) in [6.45, 7) is 1.36. The van der Waals surface area contributed by atoms with Crippen molar-refractivity contribution in [3.05, 3.63) is 107 Å². The molecule has 38 heavy (non-hydrogen) atoms. The highest BCUT2D eigenvalue weighted by molar-refractivity contribution is 6.04. The molecule has 0 spiro atoms. The van der Waals surface area contributed by atoms with Crippen LogP contribution >= 0.6 is 0 Å². The predicted octanol–water partition coefficient (Wildman–Crippen LogP) is 3.50. The Labute approximate surface area is 219 Å². The van der Waals surface area contributed by atoms with Crippen LogP contribution in [-0.4, -0.2) is 39.8 Å². The average Bonchev–Trinajstić information content (AvgIpc) is 3.07. The van der Waals surface area contributed by atoms with Gasteiger partial charge < -0.3 is 16.2 Å². The second-order valence-electron chi connectivity index (χ2n) is 9.45. The first-order valence-corrected chi connectivity index (χ1v) is 12.3. The minimum absolute atomic E-state index is 0.385. The quantitative estimate of drug-likeness (QED) is 0.460. The summed E-state index contributed by atoms with van der Waals surface area (Å²) in [6.07, 6.45) is -1.19. The van der Waals surface area contributed by atoms with Crippen molar-refractivity contribution in [3.63, 3.8) is 0 Å². The maximum atomic E-state index is 13.9. The first kappa shape index (κ1) is 27.1. The van der Waals surface area contributed by atoms with Crippen molar-refractivity contribution in [2.24, 2.45) is 5.73 Å². The summed E-state index contributed by atoms with van der Waals surface area (Å²) >= 11 is 0. The van der Waals surface area contributed by atoms with E-state index in [9.17, 15) is 28.3 Å². The molecule has 5 atom stereocenters. The number of benzene rings is 3. The number of carbonyl (C=O) groups is 3. The van der Waals surface area contributed by atoms with Gasteiger partial charge in [-0.3, -0.25) is 19.3 Å². The maximum absolute atomic E-state index is 13.9. The summed E-state index contributed by atoms with van der Waals surface area (Å²) in [5.74, 6) is -5.34. The van der Waals surface area contributed by atoms with Gasteiger partial charge >= 0.3 is 0 Å². The maximum Gasteiger partial charge on any atom is 0.263 e. The van der Waals surface area contributed by atoms with E-state index < -0.39 is 53.5 Å². The molecule has 1 saturated heterocycles. The molecule has 198 valence electrons. The first-order chi connectivity index (χ1) is 18.2. The normalized spacial score (nSPS) is 21.1. The van der Waals surface area contributed by atoms with Crippen molar-refractivity contribution in [2.75, 3.05) is 0 Å². The monoisotopic (exact) mass is 521 g/mol. The minimum Gasteiger partial charge on any atom is -0.378 e. The molecule has 1 aliphatic heterocycles. The van der Waals surface area contributed by atoms with E-state index in [1.165, 1.54) is 6.92 Å². The SMILES string of the molecule is C[C@H](N)C(=O)N(C(=O)[C@@H](O)c1cc(F)cc(F)c1)[C@@H]1C(=O)N[C@H](c2ccccc2)CC[C@@H]1c1ccccc1. The summed E-state index contributed by atoms with van der Waals surface area (Å²) in [5, 5.41) is 13.8. The van der Waals surface area contributed by atoms with Crippen molar-refractivity contribution in [2.45, 2.75) is 49.9 Å². The first-order valence-electron chi connectivity index (χ1n) is 12.3. The van der Waals surface area contributed by atoms with Gasteiger partial charge in [0.05, 0.1) is 12.1 Å². The van der Waals surface area contributed by atoms with Crippen LogP contribution in [0, 0.1) is 11.6 Å². The van der Waals surface area contributed by atoms with E-state index in [0.717, 1.165) is 17.7 Å². The summed E-state index contributed by atoms with van der Waals surface area (Å²) in [5.41, 5.74) is 7.06. The minimum atomic E-state index is -2.11. The molecule has 3 amide bonds. The summed E-state index contributed by atoms with van der Waals surface area (Å²) in [6, 6.07) is 17.5. The Morgan fingerprint density at radius 2 is 1.47 bits per heavy atom. The number of nitrogens with zero attached hydrogens (tertiary/aromatic N) is 1. The van der Waals surface area contributed by atoms with E-state index >= 15 is 0 Å². The molecule has 0 bridgehead atoms. The van der Waals surface area contributed by atoms with Crippen LogP contribution in [0.2, 0.25) is 0 Å². The Balaban J connectivity index is 1.80. The fraction of sp³-hybridized carbons (Fsp3) is 0.276. The second kappa shape index (κ2) is 11.6. The molecule has 9 heteroatoms. The third kappa shape index (κ3) is 5.79. The van der Waals surface area contributed by atoms with Crippen molar-refractivity contribution >= 4 is 17.7 Å². The van der Waals surface area contributed by atoms with Crippen LogP contribution in [0.1, 0.15) is 54.5 Å². The smallest absolute Gasteiger partial charge is 0.263 e. The largest absolute Gasteiger partial charge is 0.378 e. The summed E-state index contributed by atoms with van der Waals surface area (Å²) in [7, 11) is 0. The molecule has 1 fully saturated rings. The van der Waals surface area contributed by atoms with Gasteiger partial charge in [0.25, 0.3) is 5.91 Å². The van der Waals surface area contributed by atoms with E-state index in [1.54, 1.807) is 30.3 Å². The van der Waals surface area contributed by atoms with E-state index in [2.05, 4.69) is 5.32 Å². The Hall–Kier alpha value is -3.95. The highest BCUT2D eigenvalue weighted by Crippen LogP contribution is 2.36. The molecular formula is C29H29F2N3O4. The molecule has 0 radical (unpaired) electrons. The Morgan fingerprint density at radius 3 is 2.03 bits per heavy atom. The lowest BCUT2D eigenvalue weighted by molar-refractivity contribution is -0.158. The number of amides is 3. The number of hydrogen-bond donors (Lipinski definition) is 3. The Morgan fingerprint density at radius 1 is 0.921 bits per heavy atom. The highest BCUT2D eigenvalue weighted by atomic mass is 19.1. The number of aliphatic hydroxyl groups excluding tert-OH is 1. The van der Waals surface area contributed by atoms with Crippen molar-refractivity contribution < 1.29 is 28.3 Å². The number of nitrogens with two attached hydrogens (primary N) is 1. The van der Waals surface area contributed by atoms with E-state index in [1.807, 2.05) is 30.3 Å². The molecule has 1 heterocycles. The molecule has 0 aromatic heterocycles. The van der Waals surface area contributed by atoms with Gasteiger partial charge in [-0.1, -0.05) is 60.7 Å². The van der Waals surface area contributed by atoms with Crippen LogP contribution in [0.15, 0.2) is 78.9 Å². The lowest BCUT2D eigenvalue weighted by Crippen LogP contribution is -2.58. The van der Waals surface area contributed by atoms with Gasteiger partial charge in [-0.15, -0.1) is 0 Å². The van der Waals surface area contributed by atoms with Gasteiger partial charge in [0.1, 0.15) is 17.7 Å². The van der Waals surface area contributed by atoms with Crippen LogP contribution < -0.4 is 11.1 Å². The molecule has 3 aromatic rings. The highest BCUT2D eigenvalue weighted by Gasteiger charge is 2.45. The molecule has 1 aliphatic rings. The van der Waals surface area contributed by atoms with E-state index in [4.69, 9.17) is 5.73 Å². The van der Waals surface area contributed by atoms with Gasteiger partial charge in [-0.25, -0.2) is 8.78 Å². The van der Waals surface area contributed by atoms with Crippen molar-refractivity contribution in [1.82, 2.24) is 10.2 Å². The van der Waals surface area contributed by atoms with Crippen LogP contribution in [0.25, 0.3) is 0 Å². The summed E-state index contributed by atoms with van der Waals surface area (Å²) in [4.78, 5) is 41.5. The number of rotatable bonds is 6. The zero-order valence-electron chi connectivity index (χ0n) is 20.8. The van der Waals surface area contributed by atoms with Crippen molar-refractivity contribution in [3.8, 4) is 0 Å². The lowest BCUT2D eigenvalue weighted by Gasteiger charge is -2.35. The van der Waals surface area contributed by atoms with E-state index in [-0.39, 0.29) is 11.6 Å². The van der Waals surface area contributed by atoms with Crippen LogP contribution in [0.4, 0.5) is 8.78 Å². The standard InChI is InChI=1S/C29H29F2N3O4/c1-17(32)28(37)34(29(38)26(35)20-14-21(30)16-22(31)15-20)25-23(18-8-4-2-5-9-18)12-13-24(33-27(25)36)19-10-6-3-7-11-19/h2-11,14-17,23-26,35H,12-13,32H2,1H3,(H,33,36)/t17-,23+,24-,25-,26-/m0/s1. The second-order valence-corrected chi connectivity index (χ2v) is 9.45. The fourth-order valence-corrected chi connectivity index (χ4v) is 4.91. The molecule has 0 aliphatic carbocycles. The zero-order chi connectivity index (χ0) is 27.4. The third-order valence-electron chi connectivity index (χ3n) is 6.74. The lowest BCUT2D eigenvalue weighted by atomic mass is 9.85. The molecule has 0 saturated carbocycles. The molecule has 7 nitrogen and oxygen atoms in total. The van der Waals surface area contributed by atoms with Gasteiger partial charge in [0.2, 0.25) is 11.8 Å². The molecule has 4 N–H and O–H groups in total. The number of hydrogen-bond acceptors (Lipinski definition) is 5. The van der Waals surface area contributed by atoms with Crippen LogP contribution in [0.3, 0.4) is 0 Å². The Bertz CT molecular complexity index is 1280. The average molecular weight is 522 g/mol. The zero-order valence-corrected chi connectivity index (χ0v) is 20.8. The van der Waals surface area contributed by atoms with Gasteiger partial charge in [0, 0.05) is 12.0 Å². The molecule has 0 unspecified atom stereocenters. The fourth-order valence-electron chi connectivity index (χ4n) is 4.91. The summed E-state index contributed by atoms with van der Waals surface area (Å²) < 4.78 is 27.7. The van der Waals surface area contributed by atoms with Gasteiger partial charge in [0.15, 0.2) is 6.10 Å². The van der Waals surface area contributed by atoms with Crippen LogP contribution in [-0.2, 0) is 14.4 Å². The number of nitrogens with one attached hydrogen (secondary N) is 1. The Kier molecular flexibility index (Phi) is 8.29. The van der Waals surface area contributed by atoms with Crippen LogP contribution in [0.5, 0.6) is 0 Å². The predicted molar refractivity (Wildman–Crippen MR) is 136 cm³/mol. The number of aliphatic hydroxyl groups is 1. The topological polar surface area (TPSA) is 113 Å². The molecule has 3 aromatic carbocycles.